The van der Waals surface area contributed by atoms with Crippen LogP contribution in [0.15, 0.2) is 22.4 Å². The fourth-order valence-corrected chi connectivity index (χ4v) is 0.666. The van der Waals surface area contributed by atoms with Gasteiger partial charge in [-0.1, -0.05) is 6.58 Å². The molecule has 13 heavy (non-hydrogen) atoms. The Morgan fingerprint density at radius 1 is 1.38 bits per heavy atom. The second kappa shape index (κ2) is 5.35. The molecule has 0 atom stereocenters. The summed E-state index contributed by atoms with van der Waals surface area (Å²) >= 11 is 0. The maximum atomic E-state index is 5.38. The highest BCUT2D eigenvalue weighted by Crippen LogP contribution is 1.94. The van der Waals surface area contributed by atoms with Crippen molar-refractivity contribution in [1.29, 1.82) is 0 Å². The maximum absolute atomic E-state index is 5.38. The van der Waals surface area contributed by atoms with Crippen LogP contribution in [0, 0.1) is 0 Å². The minimum absolute atomic E-state index is 0.278. The van der Waals surface area contributed by atoms with Crippen molar-refractivity contribution in [2.75, 3.05) is 13.6 Å². The smallest absolute Gasteiger partial charge is 0.226 e. The summed E-state index contributed by atoms with van der Waals surface area (Å²) in [4.78, 5) is 10.2. The van der Waals surface area contributed by atoms with Crippen LogP contribution in [0.3, 0.4) is 0 Å². The van der Waals surface area contributed by atoms with Crippen molar-refractivity contribution >= 4 is 11.7 Å². The Kier molecular flexibility index (Phi) is 4.80. The first-order valence-corrected chi connectivity index (χ1v) is 4.23. The summed E-state index contributed by atoms with van der Waals surface area (Å²) in [7, 11) is 1.91. The van der Waals surface area contributed by atoms with E-state index in [0.29, 0.717) is 5.96 Å². The molecule has 0 bridgehead atoms. The Labute approximate surface area is 79.9 Å². The molecule has 0 aromatic rings. The molecule has 2 N–H and O–H groups in total. The van der Waals surface area contributed by atoms with Gasteiger partial charge in [0.1, 0.15) is 5.82 Å². The zero-order valence-electron chi connectivity index (χ0n) is 8.83. The van der Waals surface area contributed by atoms with E-state index in [4.69, 9.17) is 5.73 Å². The van der Waals surface area contributed by atoms with Gasteiger partial charge in [-0.2, -0.15) is 4.99 Å². The lowest BCUT2D eigenvalue weighted by Gasteiger charge is -2.15. The molecule has 0 unspecified atom stereocenters. The summed E-state index contributed by atoms with van der Waals surface area (Å²) in [6.45, 7) is 10.2. The quantitative estimate of drug-likeness (QED) is 0.515. The minimum atomic E-state index is 0.278. The molecule has 0 aromatic carbocycles. The van der Waals surface area contributed by atoms with E-state index in [1.807, 2.05) is 32.7 Å². The molecule has 0 saturated heterocycles. The molecular formula is C9H18N4. The second-order valence-electron chi connectivity index (χ2n) is 2.98. The summed E-state index contributed by atoms with van der Waals surface area (Å²) in [6.07, 6.45) is 0. The minimum Gasteiger partial charge on any atom is -0.384 e. The number of nitrogens with two attached hydrogens (primary N) is 1. The van der Waals surface area contributed by atoms with Crippen LogP contribution in [-0.2, 0) is 0 Å². The van der Waals surface area contributed by atoms with Crippen LogP contribution >= 0.6 is 0 Å². The summed E-state index contributed by atoms with van der Waals surface area (Å²) in [6, 6.07) is 0. The summed E-state index contributed by atoms with van der Waals surface area (Å²) < 4.78 is 0. The van der Waals surface area contributed by atoms with Gasteiger partial charge in [0.15, 0.2) is 0 Å². The van der Waals surface area contributed by atoms with E-state index in [1.165, 1.54) is 0 Å². The van der Waals surface area contributed by atoms with Crippen LogP contribution < -0.4 is 5.73 Å². The van der Waals surface area contributed by atoms with Gasteiger partial charge >= 0.3 is 0 Å². The molecule has 0 fully saturated rings. The van der Waals surface area contributed by atoms with E-state index >= 15 is 0 Å². The van der Waals surface area contributed by atoms with Crippen molar-refractivity contribution < 1.29 is 0 Å². The van der Waals surface area contributed by atoms with Crippen LogP contribution in [0.1, 0.15) is 20.8 Å². The average Bonchev–Trinajstić information content (AvgIpc) is 2.00. The first-order valence-electron chi connectivity index (χ1n) is 4.23. The van der Waals surface area contributed by atoms with Crippen molar-refractivity contribution in [3.05, 3.63) is 12.4 Å². The molecular weight excluding hydrogens is 164 g/mol. The third-order valence-corrected chi connectivity index (χ3v) is 1.38. The summed E-state index contributed by atoms with van der Waals surface area (Å²) in [5, 5.41) is 0. The number of rotatable bonds is 2. The van der Waals surface area contributed by atoms with E-state index in [0.717, 1.165) is 12.3 Å². The molecule has 0 heterocycles. The SMILES string of the molecule is C=C(N)/N=C(\N=C(C)C)N(C)CC. The Morgan fingerprint density at radius 3 is 2.23 bits per heavy atom. The second-order valence-corrected chi connectivity index (χ2v) is 2.98. The Bertz CT molecular complexity index is 236. The normalized spacial score (nSPS) is 10.9. The zero-order chi connectivity index (χ0) is 10.4. The molecule has 0 spiro atoms. The van der Waals surface area contributed by atoms with Crippen LogP contribution in [0.4, 0.5) is 0 Å². The van der Waals surface area contributed by atoms with Crippen molar-refractivity contribution in [1.82, 2.24) is 4.90 Å². The van der Waals surface area contributed by atoms with Gasteiger partial charge in [-0.15, -0.1) is 0 Å². The highest BCUT2D eigenvalue weighted by molar-refractivity contribution is 5.94. The molecule has 0 aromatic heterocycles. The molecule has 0 saturated carbocycles. The standard InChI is InChI=1S/C9H18N4/c1-6-13(5)9(11-7(2)3)12-8(4)10/h4,6,10H2,1-3,5H3/b12-9+. The fourth-order valence-electron chi connectivity index (χ4n) is 0.666. The fraction of sp³-hybridized carbons (Fsp3) is 0.556. The van der Waals surface area contributed by atoms with E-state index in [-0.39, 0.29) is 5.82 Å². The number of guanidine groups is 1. The average molecular weight is 182 g/mol. The van der Waals surface area contributed by atoms with E-state index in [2.05, 4.69) is 16.6 Å². The van der Waals surface area contributed by atoms with Gasteiger partial charge in [-0.3, -0.25) is 0 Å². The third kappa shape index (κ3) is 5.00. The number of hydrogen-bond donors (Lipinski definition) is 1. The van der Waals surface area contributed by atoms with E-state index in [1.54, 1.807) is 0 Å². The van der Waals surface area contributed by atoms with Gasteiger partial charge in [0.05, 0.1) is 0 Å². The molecule has 74 valence electrons. The predicted molar refractivity (Wildman–Crippen MR) is 57.8 cm³/mol. The lowest BCUT2D eigenvalue weighted by Crippen LogP contribution is -2.26. The molecule has 4 nitrogen and oxygen atoms in total. The topological polar surface area (TPSA) is 54.0 Å². The van der Waals surface area contributed by atoms with Gasteiger partial charge in [0, 0.05) is 19.3 Å². The monoisotopic (exact) mass is 182 g/mol. The largest absolute Gasteiger partial charge is 0.384 e. The van der Waals surface area contributed by atoms with Crippen molar-refractivity contribution in [3.63, 3.8) is 0 Å². The van der Waals surface area contributed by atoms with Crippen molar-refractivity contribution in [2.45, 2.75) is 20.8 Å². The molecule has 0 radical (unpaired) electrons. The maximum Gasteiger partial charge on any atom is 0.226 e. The van der Waals surface area contributed by atoms with Crippen LogP contribution in [-0.4, -0.2) is 30.2 Å². The molecule has 0 aliphatic heterocycles. The number of hydrogen-bond acceptors (Lipinski definition) is 2. The lowest BCUT2D eigenvalue weighted by atomic mass is 10.5. The lowest BCUT2D eigenvalue weighted by molar-refractivity contribution is 0.528. The third-order valence-electron chi connectivity index (χ3n) is 1.38. The number of nitrogens with zero attached hydrogens (tertiary/aromatic N) is 3. The Hall–Kier alpha value is -1.32. The predicted octanol–water partition coefficient (Wildman–Crippen LogP) is 1.20. The Morgan fingerprint density at radius 2 is 1.92 bits per heavy atom. The van der Waals surface area contributed by atoms with Gasteiger partial charge in [-0.05, 0) is 20.8 Å². The molecule has 4 heteroatoms. The molecule has 0 aliphatic carbocycles. The molecule has 0 aliphatic rings. The molecule has 0 rings (SSSR count). The summed E-state index contributed by atoms with van der Waals surface area (Å²) in [5.74, 6) is 0.885. The van der Waals surface area contributed by atoms with Gasteiger partial charge in [0.2, 0.25) is 5.96 Å². The summed E-state index contributed by atoms with van der Waals surface area (Å²) in [5.41, 5.74) is 6.33. The van der Waals surface area contributed by atoms with Gasteiger partial charge < -0.3 is 10.6 Å². The van der Waals surface area contributed by atoms with Crippen LogP contribution in [0.25, 0.3) is 0 Å². The number of aliphatic imine (C=N–C) groups is 2. The van der Waals surface area contributed by atoms with Crippen LogP contribution in [0.2, 0.25) is 0 Å². The first kappa shape index (κ1) is 11.7. The Balaban J connectivity index is 4.76. The zero-order valence-corrected chi connectivity index (χ0v) is 8.83. The van der Waals surface area contributed by atoms with Crippen LogP contribution in [0.5, 0.6) is 0 Å². The highest BCUT2D eigenvalue weighted by Gasteiger charge is 2.01. The van der Waals surface area contributed by atoms with E-state index in [9.17, 15) is 0 Å². The highest BCUT2D eigenvalue weighted by atomic mass is 15.3. The van der Waals surface area contributed by atoms with Gasteiger partial charge in [0.25, 0.3) is 0 Å². The van der Waals surface area contributed by atoms with E-state index < -0.39 is 0 Å². The first-order chi connectivity index (χ1) is 5.97. The van der Waals surface area contributed by atoms with Crippen molar-refractivity contribution in [2.24, 2.45) is 15.7 Å². The van der Waals surface area contributed by atoms with Crippen molar-refractivity contribution in [3.8, 4) is 0 Å². The van der Waals surface area contributed by atoms with Gasteiger partial charge in [-0.25, -0.2) is 4.99 Å². The molecule has 0 amide bonds.